The molecule has 0 aliphatic carbocycles. The Hall–Kier alpha value is -2.81. The summed E-state index contributed by atoms with van der Waals surface area (Å²) in [5.41, 5.74) is 11.0. The van der Waals surface area contributed by atoms with Crippen LogP contribution in [0.15, 0.2) is 66.9 Å². The zero-order valence-electron chi connectivity index (χ0n) is 12.5. The molecule has 3 aromatic rings. The van der Waals surface area contributed by atoms with Crippen molar-refractivity contribution in [2.24, 2.45) is 0 Å². The van der Waals surface area contributed by atoms with Crippen molar-refractivity contribution in [3.05, 3.63) is 78.0 Å². The van der Waals surface area contributed by atoms with Crippen LogP contribution in [0.5, 0.6) is 5.88 Å². The van der Waals surface area contributed by atoms with Gasteiger partial charge in [0.25, 0.3) is 0 Å². The van der Waals surface area contributed by atoms with E-state index in [1.54, 1.807) is 0 Å². The fourth-order valence-electron chi connectivity index (χ4n) is 2.19. The summed E-state index contributed by atoms with van der Waals surface area (Å²) in [5, 5.41) is 0. The number of aromatic nitrogens is 1. The maximum absolute atomic E-state index is 5.95. The lowest BCUT2D eigenvalue weighted by Crippen LogP contribution is -1.97. The number of pyridine rings is 1. The van der Waals surface area contributed by atoms with Crippen molar-refractivity contribution in [1.29, 1.82) is 0 Å². The summed E-state index contributed by atoms with van der Waals surface area (Å²) in [4.78, 5) is 4.36. The number of nitrogens with two attached hydrogens (primary N) is 1. The smallest absolute Gasteiger partial charge is 0.213 e. The van der Waals surface area contributed by atoms with Gasteiger partial charge in [-0.05, 0) is 35.7 Å². The van der Waals surface area contributed by atoms with Gasteiger partial charge in [0.2, 0.25) is 5.88 Å². The predicted octanol–water partition coefficient (Wildman–Crippen LogP) is 4.22. The SMILES string of the molecule is Cc1ccc(-c2ccc(OCc3ccccc3)nc2)cc1N. The molecule has 2 N–H and O–H groups in total. The van der Waals surface area contributed by atoms with Crippen LogP contribution in [0.4, 0.5) is 5.69 Å². The molecule has 22 heavy (non-hydrogen) atoms. The molecule has 0 radical (unpaired) electrons. The molecule has 110 valence electrons. The van der Waals surface area contributed by atoms with Crippen LogP contribution < -0.4 is 10.5 Å². The summed E-state index contributed by atoms with van der Waals surface area (Å²) in [7, 11) is 0. The Morgan fingerprint density at radius 3 is 2.41 bits per heavy atom. The number of ether oxygens (including phenoxy) is 1. The van der Waals surface area contributed by atoms with Crippen LogP contribution in [-0.4, -0.2) is 4.98 Å². The van der Waals surface area contributed by atoms with E-state index >= 15 is 0 Å². The fraction of sp³-hybridized carbons (Fsp3) is 0.105. The molecule has 0 unspecified atom stereocenters. The third-order valence-corrected chi connectivity index (χ3v) is 3.58. The molecule has 0 aliphatic heterocycles. The molecule has 0 spiro atoms. The molecule has 1 aromatic heterocycles. The number of hydrogen-bond acceptors (Lipinski definition) is 3. The topological polar surface area (TPSA) is 48.1 Å². The molecule has 3 heteroatoms. The Morgan fingerprint density at radius 1 is 0.955 bits per heavy atom. The second-order valence-electron chi connectivity index (χ2n) is 5.23. The molecule has 0 fully saturated rings. The van der Waals surface area contributed by atoms with Crippen molar-refractivity contribution < 1.29 is 4.74 Å². The van der Waals surface area contributed by atoms with Crippen LogP contribution in [0.3, 0.4) is 0 Å². The summed E-state index contributed by atoms with van der Waals surface area (Å²) in [5.74, 6) is 0.618. The highest BCUT2D eigenvalue weighted by Gasteiger charge is 2.02. The van der Waals surface area contributed by atoms with E-state index in [1.165, 1.54) is 0 Å². The largest absolute Gasteiger partial charge is 0.473 e. The van der Waals surface area contributed by atoms with Crippen LogP contribution >= 0.6 is 0 Å². The van der Waals surface area contributed by atoms with Crippen molar-refractivity contribution in [2.75, 3.05) is 5.73 Å². The van der Waals surface area contributed by atoms with E-state index in [9.17, 15) is 0 Å². The number of aryl methyl sites for hydroxylation is 1. The van der Waals surface area contributed by atoms with Crippen molar-refractivity contribution in [1.82, 2.24) is 4.98 Å². The monoisotopic (exact) mass is 290 g/mol. The predicted molar refractivity (Wildman–Crippen MR) is 89.6 cm³/mol. The Balaban J connectivity index is 1.71. The molecule has 0 saturated heterocycles. The first-order valence-corrected chi connectivity index (χ1v) is 7.21. The standard InChI is InChI=1S/C19H18N2O/c1-14-7-8-16(11-18(14)20)17-9-10-19(21-12-17)22-13-15-5-3-2-4-6-15/h2-12H,13,20H2,1H3. The Labute approximate surface area is 130 Å². The van der Waals surface area contributed by atoms with E-state index < -0.39 is 0 Å². The van der Waals surface area contributed by atoms with Gasteiger partial charge < -0.3 is 10.5 Å². The second-order valence-corrected chi connectivity index (χ2v) is 5.23. The fourth-order valence-corrected chi connectivity index (χ4v) is 2.19. The van der Waals surface area contributed by atoms with Gasteiger partial charge in [-0.1, -0.05) is 42.5 Å². The molecule has 0 amide bonds. The number of hydrogen-bond donors (Lipinski definition) is 1. The number of nitrogens with zero attached hydrogens (tertiary/aromatic N) is 1. The maximum Gasteiger partial charge on any atom is 0.213 e. The normalized spacial score (nSPS) is 10.4. The molecule has 0 bridgehead atoms. The first-order valence-electron chi connectivity index (χ1n) is 7.21. The van der Waals surface area contributed by atoms with Crippen molar-refractivity contribution in [3.63, 3.8) is 0 Å². The molecule has 3 nitrogen and oxygen atoms in total. The van der Waals surface area contributed by atoms with Gasteiger partial charge in [-0.3, -0.25) is 0 Å². The van der Waals surface area contributed by atoms with Gasteiger partial charge in [-0.2, -0.15) is 0 Å². The highest BCUT2D eigenvalue weighted by molar-refractivity contribution is 5.68. The summed E-state index contributed by atoms with van der Waals surface area (Å²) < 4.78 is 5.69. The average Bonchev–Trinajstić information content (AvgIpc) is 2.57. The first-order chi connectivity index (χ1) is 10.7. The third kappa shape index (κ3) is 3.26. The van der Waals surface area contributed by atoms with Gasteiger partial charge in [0, 0.05) is 23.5 Å². The number of nitrogen functional groups attached to an aromatic ring is 1. The lowest BCUT2D eigenvalue weighted by molar-refractivity contribution is 0.294. The molecule has 0 saturated carbocycles. The second kappa shape index (κ2) is 6.31. The van der Waals surface area contributed by atoms with E-state index in [0.717, 1.165) is 27.9 Å². The average molecular weight is 290 g/mol. The number of rotatable bonds is 4. The summed E-state index contributed by atoms with van der Waals surface area (Å²) in [6.07, 6.45) is 1.81. The third-order valence-electron chi connectivity index (χ3n) is 3.58. The summed E-state index contributed by atoms with van der Waals surface area (Å²) in [6, 6.07) is 20.0. The van der Waals surface area contributed by atoms with Crippen LogP contribution in [0, 0.1) is 6.92 Å². The van der Waals surface area contributed by atoms with Crippen LogP contribution in [0.2, 0.25) is 0 Å². The molecule has 2 aromatic carbocycles. The molecule has 0 aliphatic rings. The quantitative estimate of drug-likeness (QED) is 0.732. The van der Waals surface area contributed by atoms with Crippen LogP contribution in [0.25, 0.3) is 11.1 Å². The summed E-state index contributed by atoms with van der Waals surface area (Å²) >= 11 is 0. The van der Waals surface area contributed by atoms with Crippen LogP contribution in [-0.2, 0) is 6.61 Å². The molecule has 1 heterocycles. The summed E-state index contributed by atoms with van der Waals surface area (Å²) in [6.45, 7) is 2.52. The zero-order chi connectivity index (χ0) is 15.4. The maximum atomic E-state index is 5.95. The molecule has 0 atom stereocenters. The van der Waals surface area contributed by atoms with Crippen LogP contribution in [0.1, 0.15) is 11.1 Å². The minimum atomic E-state index is 0.519. The highest BCUT2D eigenvalue weighted by Crippen LogP contribution is 2.24. The van der Waals surface area contributed by atoms with Crippen molar-refractivity contribution >= 4 is 5.69 Å². The minimum Gasteiger partial charge on any atom is -0.473 e. The van der Waals surface area contributed by atoms with Gasteiger partial charge in [0.1, 0.15) is 6.61 Å². The first kappa shape index (κ1) is 14.1. The van der Waals surface area contributed by atoms with E-state index in [1.807, 2.05) is 73.8 Å². The zero-order valence-corrected chi connectivity index (χ0v) is 12.5. The lowest BCUT2D eigenvalue weighted by Gasteiger charge is -2.08. The highest BCUT2D eigenvalue weighted by atomic mass is 16.5. The van der Waals surface area contributed by atoms with Gasteiger partial charge >= 0.3 is 0 Å². The Bertz CT molecular complexity index is 752. The van der Waals surface area contributed by atoms with Crippen molar-refractivity contribution in [2.45, 2.75) is 13.5 Å². The molecule has 3 rings (SSSR count). The van der Waals surface area contributed by atoms with E-state index in [-0.39, 0.29) is 0 Å². The van der Waals surface area contributed by atoms with Gasteiger partial charge in [-0.25, -0.2) is 4.98 Å². The van der Waals surface area contributed by atoms with Gasteiger partial charge in [0.15, 0.2) is 0 Å². The Morgan fingerprint density at radius 2 is 1.73 bits per heavy atom. The minimum absolute atomic E-state index is 0.519. The molecular weight excluding hydrogens is 272 g/mol. The molecular formula is C19H18N2O. The Kier molecular flexibility index (Phi) is 4.05. The van der Waals surface area contributed by atoms with E-state index in [0.29, 0.717) is 12.5 Å². The van der Waals surface area contributed by atoms with Crippen molar-refractivity contribution in [3.8, 4) is 17.0 Å². The van der Waals surface area contributed by atoms with E-state index in [2.05, 4.69) is 4.98 Å². The van der Waals surface area contributed by atoms with Gasteiger partial charge in [0.05, 0.1) is 0 Å². The number of benzene rings is 2. The number of anilines is 1. The van der Waals surface area contributed by atoms with Gasteiger partial charge in [-0.15, -0.1) is 0 Å². The lowest BCUT2D eigenvalue weighted by atomic mass is 10.0. The van der Waals surface area contributed by atoms with E-state index in [4.69, 9.17) is 10.5 Å².